The minimum Gasteiger partial charge on any atom is -0.355 e. The number of hydrogen-bond acceptors (Lipinski definition) is 2. The molecule has 2 aromatic carbocycles. The SMILES string of the molecule is O=C(CSCc1ccccc1Cl)NCCCc1ccc(F)cc1. The third-order valence-corrected chi connectivity index (χ3v) is 4.68. The van der Waals surface area contributed by atoms with E-state index < -0.39 is 0 Å². The van der Waals surface area contributed by atoms with Gasteiger partial charge in [-0.25, -0.2) is 4.39 Å². The van der Waals surface area contributed by atoms with Crippen molar-refractivity contribution in [2.45, 2.75) is 18.6 Å². The molecule has 2 nitrogen and oxygen atoms in total. The van der Waals surface area contributed by atoms with Crippen molar-refractivity contribution in [1.29, 1.82) is 0 Å². The molecule has 0 fully saturated rings. The predicted molar refractivity (Wildman–Crippen MR) is 95.3 cm³/mol. The van der Waals surface area contributed by atoms with Crippen LogP contribution < -0.4 is 5.32 Å². The van der Waals surface area contributed by atoms with Gasteiger partial charge in [0, 0.05) is 17.3 Å². The zero-order chi connectivity index (χ0) is 16.5. The third kappa shape index (κ3) is 6.63. The number of carbonyl (C=O) groups is 1. The van der Waals surface area contributed by atoms with E-state index in [0.717, 1.165) is 34.7 Å². The molecule has 1 amide bonds. The van der Waals surface area contributed by atoms with Crippen LogP contribution in [0.3, 0.4) is 0 Å². The summed E-state index contributed by atoms with van der Waals surface area (Å²) in [6.07, 6.45) is 1.67. The molecule has 0 saturated heterocycles. The van der Waals surface area contributed by atoms with Crippen molar-refractivity contribution in [2.75, 3.05) is 12.3 Å². The van der Waals surface area contributed by atoms with E-state index >= 15 is 0 Å². The van der Waals surface area contributed by atoms with Crippen LogP contribution in [0.2, 0.25) is 5.02 Å². The molecule has 0 radical (unpaired) electrons. The van der Waals surface area contributed by atoms with Gasteiger partial charge >= 0.3 is 0 Å². The molecule has 0 aliphatic carbocycles. The van der Waals surface area contributed by atoms with Gasteiger partial charge in [0.15, 0.2) is 0 Å². The summed E-state index contributed by atoms with van der Waals surface area (Å²) in [5.41, 5.74) is 2.12. The topological polar surface area (TPSA) is 29.1 Å². The van der Waals surface area contributed by atoms with E-state index in [1.54, 1.807) is 23.9 Å². The van der Waals surface area contributed by atoms with Crippen molar-refractivity contribution in [3.05, 3.63) is 70.5 Å². The maximum atomic E-state index is 12.8. The van der Waals surface area contributed by atoms with Crippen molar-refractivity contribution in [1.82, 2.24) is 5.32 Å². The third-order valence-electron chi connectivity index (χ3n) is 3.33. The van der Waals surface area contributed by atoms with E-state index in [1.807, 2.05) is 24.3 Å². The Bertz CT molecular complexity index is 633. The van der Waals surface area contributed by atoms with Gasteiger partial charge < -0.3 is 5.32 Å². The molecule has 1 N–H and O–H groups in total. The Hall–Kier alpha value is -1.52. The lowest BCUT2D eigenvalue weighted by Crippen LogP contribution is -2.26. The molecule has 0 atom stereocenters. The summed E-state index contributed by atoms with van der Waals surface area (Å²) in [5.74, 6) is 0.948. The number of thioether (sulfide) groups is 1. The Balaban J connectivity index is 1.58. The molecule has 0 aliphatic rings. The molecule has 2 aromatic rings. The van der Waals surface area contributed by atoms with Gasteiger partial charge in [-0.05, 0) is 42.2 Å². The Morgan fingerprint density at radius 3 is 2.61 bits per heavy atom. The number of rotatable bonds is 8. The lowest BCUT2D eigenvalue weighted by Gasteiger charge is -2.06. The van der Waals surface area contributed by atoms with Gasteiger partial charge in [0.2, 0.25) is 5.91 Å². The average molecular weight is 352 g/mol. The van der Waals surface area contributed by atoms with Gasteiger partial charge in [-0.2, -0.15) is 0 Å². The first kappa shape index (κ1) is 17.8. The Morgan fingerprint density at radius 1 is 1.13 bits per heavy atom. The summed E-state index contributed by atoms with van der Waals surface area (Å²) in [6.45, 7) is 0.628. The fourth-order valence-electron chi connectivity index (χ4n) is 2.09. The summed E-state index contributed by atoms with van der Waals surface area (Å²) >= 11 is 7.62. The van der Waals surface area contributed by atoms with Crippen LogP contribution in [0.1, 0.15) is 17.5 Å². The lowest BCUT2D eigenvalue weighted by atomic mass is 10.1. The Kier molecular flexibility index (Phi) is 7.43. The number of amides is 1. The average Bonchev–Trinajstić information content (AvgIpc) is 2.55. The van der Waals surface area contributed by atoms with E-state index in [4.69, 9.17) is 11.6 Å². The molecule has 122 valence electrons. The first-order chi connectivity index (χ1) is 11.1. The summed E-state index contributed by atoms with van der Waals surface area (Å²) in [4.78, 5) is 11.8. The van der Waals surface area contributed by atoms with Crippen LogP contribution in [0.4, 0.5) is 4.39 Å². The molecule has 0 spiro atoms. The molecule has 0 unspecified atom stereocenters. The smallest absolute Gasteiger partial charge is 0.230 e. The van der Waals surface area contributed by atoms with Gasteiger partial charge in [-0.15, -0.1) is 11.8 Å². The van der Waals surface area contributed by atoms with Gasteiger partial charge in [0.05, 0.1) is 5.75 Å². The number of hydrogen-bond donors (Lipinski definition) is 1. The summed E-state index contributed by atoms with van der Waals surface area (Å²) < 4.78 is 12.8. The fourth-order valence-corrected chi connectivity index (χ4v) is 3.23. The largest absolute Gasteiger partial charge is 0.355 e. The minimum atomic E-state index is -0.224. The normalized spacial score (nSPS) is 10.5. The summed E-state index contributed by atoms with van der Waals surface area (Å²) in [7, 11) is 0. The van der Waals surface area contributed by atoms with Crippen LogP contribution in [0.5, 0.6) is 0 Å². The minimum absolute atomic E-state index is 0.0289. The molecule has 0 aromatic heterocycles. The lowest BCUT2D eigenvalue weighted by molar-refractivity contribution is -0.118. The van der Waals surface area contributed by atoms with E-state index in [-0.39, 0.29) is 11.7 Å². The van der Waals surface area contributed by atoms with Crippen LogP contribution in [-0.4, -0.2) is 18.2 Å². The Labute approximate surface area is 145 Å². The molecular weight excluding hydrogens is 333 g/mol. The van der Waals surface area contributed by atoms with Crippen molar-refractivity contribution in [3.63, 3.8) is 0 Å². The van der Waals surface area contributed by atoms with Crippen LogP contribution >= 0.6 is 23.4 Å². The highest BCUT2D eigenvalue weighted by molar-refractivity contribution is 7.99. The van der Waals surface area contributed by atoms with Crippen molar-refractivity contribution in [3.8, 4) is 0 Å². The summed E-state index contributed by atoms with van der Waals surface area (Å²) in [5, 5.41) is 3.63. The van der Waals surface area contributed by atoms with Crippen molar-refractivity contribution >= 4 is 29.3 Å². The van der Waals surface area contributed by atoms with Gasteiger partial charge in [0.1, 0.15) is 5.82 Å². The molecule has 0 heterocycles. The first-order valence-corrected chi connectivity index (χ1v) is 9.01. The molecule has 0 bridgehead atoms. The Morgan fingerprint density at radius 2 is 1.87 bits per heavy atom. The number of carbonyl (C=O) groups excluding carboxylic acids is 1. The molecular formula is C18H19ClFNOS. The number of halogens is 2. The van der Waals surface area contributed by atoms with Crippen LogP contribution in [-0.2, 0) is 17.0 Å². The van der Waals surface area contributed by atoms with E-state index in [0.29, 0.717) is 12.3 Å². The zero-order valence-corrected chi connectivity index (χ0v) is 14.3. The highest BCUT2D eigenvalue weighted by atomic mass is 35.5. The summed E-state index contributed by atoms with van der Waals surface area (Å²) in [6, 6.07) is 14.1. The molecule has 2 rings (SSSR count). The predicted octanol–water partition coefficient (Wildman–Crippen LogP) is 4.46. The molecule has 23 heavy (non-hydrogen) atoms. The zero-order valence-electron chi connectivity index (χ0n) is 12.7. The van der Waals surface area contributed by atoms with E-state index in [1.165, 1.54) is 12.1 Å². The van der Waals surface area contributed by atoms with E-state index in [9.17, 15) is 9.18 Å². The molecule has 5 heteroatoms. The second-order valence-electron chi connectivity index (χ2n) is 5.16. The highest BCUT2D eigenvalue weighted by Gasteiger charge is 2.04. The van der Waals surface area contributed by atoms with Gasteiger partial charge in [-0.3, -0.25) is 4.79 Å². The number of nitrogens with one attached hydrogen (secondary N) is 1. The first-order valence-electron chi connectivity index (χ1n) is 7.47. The number of aryl methyl sites for hydroxylation is 1. The van der Waals surface area contributed by atoms with Crippen LogP contribution in [0.15, 0.2) is 48.5 Å². The van der Waals surface area contributed by atoms with Gasteiger partial charge in [-0.1, -0.05) is 41.9 Å². The maximum absolute atomic E-state index is 12.8. The number of benzene rings is 2. The van der Waals surface area contributed by atoms with Crippen LogP contribution in [0, 0.1) is 5.82 Å². The highest BCUT2D eigenvalue weighted by Crippen LogP contribution is 2.20. The molecule has 0 saturated carbocycles. The second kappa shape index (κ2) is 9.58. The van der Waals surface area contributed by atoms with Gasteiger partial charge in [0.25, 0.3) is 0 Å². The van der Waals surface area contributed by atoms with Crippen molar-refractivity contribution in [2.24, 2.45) is 0 Å². The van der Waals surface area contributed by atoms with E-state index in [2.05, 4.69) is 5.32 Å². The maximum Gasteiger partial charge on any atom is 0.230 e. The quantitative estimate of drug-likeness (QED) is 0.711. The monoisotopic (exact) mass is 351 g/mol. The fraction of sp³-hybridized carbons (Fsp3) is 0.278. The standard InChI is InChI=1S/C18H19ClFNOS/c19-17-6-2-1-5-15(17)12-23-13-18(22)21-11-3-4-14-7-9-16(20)10-8-14/h1-2,5-10H,3-4,11-13H2,(H,21,22). The van der Waals surface area contributed by atoms with Crippen LogP contribution in [0.25, 0.3) is 0 Å². The molecule has 0 aliphatic heterocycles. The second-order valence-corrected chi connectivity index (χ2v) is 6.56. The van der Waals surface area contributed by atoms with Crippen molar-refractivity contribution < 1.29 is 9.18 Å².